The van der Waals surface area contributed by atoms with Gasteiger partial charge in [-0.1, -0.05) is 13.8 Å². The van der Waals surface area contributed by atoms with Gasteiger partial charge in [0, 0.05) is 18.0 Å². The summed E-state index contributed by atoms with van der Waals surface area (Å²) in [6.45, 7) is 5.45. The molecule has 1 aromatic rings. The summed E-state index contributed by atoms with van der Waals surface area (Å²) in [4.78, 5) is 0. The maximum absolute atomic E-state index is 13.6. The molecular weight excluding hydrogens is 265 g/mol. The van der Waals surface area contributed by atoms with Gasteiger partial charge in [0.05, 0.1) is 0 Å². The van der Waals surface area contributed by atoms with Crippen LogP contribution in [0.2, 0.25) is 0 Å². The first kappa shape index (κ1) is 14.8. The molecule has 1 fully saturated rings. The molecule has 0 aromatic heterocycles. The van der Waals surface area contributed by atoms with Crippen LogP contribution in [-0.4, -0.2) is 12.1 Å². The number of hydrogen-bond acceptors (Lipinski definition) is 2. The van der Waals surface area contributed by atoms with Crippen molar-refractivity contribution in [1.82, 2.24) is 5.32 Å². The van der Waals surface area contributed by atoms with Crippen LogP contribution in [0, 0.1) is 11.7 Å². The number of halogens is 1. The van der Waals surface area contributed by atoms with Crippen LogP contribution in [-0.2, 0) is 0 Å². The third-order valence-electron chi connectivity index (χ3n) is 5.08. The number of hydrogen-bond donors (Lipinski definition) is 1. The van der Waals surface area contributed by atoms with Crippen molar-refractivity contribution in [2.75, 3.05) is 6.54 Å². The molecular formula is C18H26FNO. The fraction of sp³-hybridized carbons (Fsp3) is 0.667. The Labute approximate surface area is 127 Å². The van der Waals surface area contributed by atoms with Crippen LogP contribution in [0.15, 0.2) is 18.2 Å². The SMILES string of the molecule is CCCNC1CC2(CCC(C)CC2)Oc2ccc(F)cc21. The zero-order valence-electron chi connectivity index (χ0n) is 13.1. The summed E-state index contributed by atoms with van der Waals surface area (Å²) >= 11 is 0. The second kappa shape index (κ2) is 5.96. The molecule has 3 heteroatoms. The maximum atomic E-state index is 13.6. The summed E-state index contributed by atoms with van der Waals surface area (Å²) in [5, 5.41) is 3.59. The minimum Gasteiger partial charge on any atom is -0.487 e. The van der Waals surface area contributed by atoms with Crippen molar-refractivity contribution in [3.05, 3.63) is 29.6 Å². The highest BCUT2D eigenvalue weighted by Crippen LogP contribution is 2.47. The molecule has 2 nitrogen and oxygen atoms in total. The average molecular weight is 291 g/mol. The van der Waals surface area contributed by atoms with Gasteiger partial charge < -0.3 is 10.1 Å². The van der Waals surface area contributed by atoms with Gasteiger partial charge in [-0.2, -0.15) is 0 Å². The summed E-state index contributed by atoms with van der Waals surface area (Å²) in [5.41, 5.74) is 0.954. The molecule has 116 valence electrons. The first-order valence-electron chi connectivity index (χ1n) is 8.34. The molecule has 0 bridgehead atoms. The van der Waals surface area contributed by atoms with E-state index in [2.05, 4.69) is 19.2 Å². The summed E-state index contributed by atoms with van der Waals surface area (Å²) in [6.07, 6.45) is 6.76. The third-order valence-corrected chi connectivity index (χ3v) is 5.08. The molecule has 3 rings (SSSR count). The second-order valence-electron chi connectivity index (χ2n) is 6.86. The number of ether oxygens (including phenoxy) is 1. The van der Waals surface area contributed by atoms with Gasteiger partial charge in [-0.25, -0.2) is 4.39 Å². The predicted molar refractivity (Wildman–Crippen MR) is 83.0 cm³/mol. The zero-order valence-corrected chi connectivity index (χ0v) is 13.1. The van der Waals surface area contributed by atoms with Gasteiger partial charge in [-0.3, -0.25) is 0 Å². The summed E-state index contributed by atoms with van der Waals surface area (Å²) in [6, 6.07) is 5.18. The lowest BCUT2D eigenvalue weighted by Crippen LogP contribution is -2.46. The van der Waals surface area contributed by atoms with E-state index in [4.69, 9.17) is 4.74 Å². The Hall–Kier alpha value is -1.09. The van der Waals surface area contributed by atoms with Gasteiger partial charge in [0.2, 0.25) is 0 Å². The lowest BCUT2D eigenvalue weighted by Gasteiger charge is -2.46. The van der Waals surface area contributed by atoms with E-state index >= 15 is 0 Å². The van der Waals surface area contributed by atoms with Crippen LogP contribution in [0.4, 0.5) is 4.39 Å². The van der Waals surface area contributed by atoms with Crippen molar-refractivity contribution in [1.29, 1.82) is 0 Å². The van der Waals surface area contributed by atoms with Crippen LogP contribution in [0.25, 0.3) is 0 Å². The number of nitrogens with one attached hydrogen (secondary N) is 1. The Morgan fingerprint density at radius 3 is 2.81 bits per heavy atom. The highest BCUT2D eigenvalue weighted by molar-refractivity contribution is 5.39. The van der Waals surface area contributed by atoms with Crippen molar-refractivity contribution < 1.29 is 9.13 Å². The Bertz CT molecular complexity index is 494. The summed E-state index contributed by atoms with van der Waals surface area (Å²) < 4.78 is 20.0. The van der Waals surface area contributed by atoms with Crippen molar-refractivity contribution in [3.8, 4) is 5.75 Å². The van der Waals surface area contributed by atoms with Gasteiger partial charge in [0.25, 0.3) is 0 Å². The van der Waals surface area contributed by atoms with E-state index in [1.165, 1.54) is 18.9 Å². The fourth-order valence-corrected chi connectivity index (χ4v) is 3.74. The zero-order chi connectivity index (χ0) is 14.9. The molecule has 0 saturated heterocycles. The summed E-state index contributed by atoms with van der Waals surface area (Å²) in [5.74, 6) is 1.51. The standard InChI is InChI=1S/C18H26FNO/c1-3-10-20-16-12-18(8-6-13(2)7-9-18)21-17-5-4-14(19)11-15(16)17/h4-5,11,13,16,20H,3,6-10,12H2,1-2H3. The molecule has 1 spiro atoms. The molecule has 0 amide bonds. The smallest absolute Gasteiger partial charge is 0.125 e. The maximum Gasteiger partial charge on any atom is 0.125 e. The van der Waals surface area contributed by atoms with Crippen LogP contribution in [0.3, 0.4) is 0 Å². The topological polar surface area (TPSA) is 21.3 Å². The normalized spacial score (nSPS) is 31.8. The Morgan fingerprint density at radius 1 is 1.33 bits per heavy atom. The van der Waals surface area contributed by atoms with Crippen LogP contribution in [0.5, 0.6) is 5.75 Å². The lowest BCUT2D eigenvalue weighted by atomic mass is 9.74. The van der Waals surface area contributed by atoms with E-state index in [-0.39, 0.29) is 17.5 Å². The molecule has 1 aliphatic heterocycles. The van der Waals surface area contributed by atoms with E-state index in [0.717, 1.165) is 49.5 Å². The highest BCUT2D eigenvalue weighted by atomic mass is 19.1. The largest absolute Gasteiger partial charge is 0.487 e. The van der Waals surface area contributed by atoms with Crippen LogP contribution >= 0.6 is 0 Å². The second-order valence-corrected chi connectivity index (χ2v) is 6.86. The van der Waals surface area contributed by atoms with Crippen molar-refractivity contribution in [2.45, 2.75) is 64.0 Å². The molecule has 1 atom stereocenters. The molecule has 1 aliphatic carbocycles. The Balaban J connectivity index is 1.87. The molecule has 1 aromatic carbocycles. The van der Waals surface area contributed by atoms with Gasteiger partial charge in [-0.15, -0.1) is 0 Å². The predicted octanol–water partition coefficient (Wildman–Crippen LogP) is 4.60. The number of fused-ring (bicyclic) bond motifs is 1. The monoisotopic (exact) mass is 291 g/mol. The molecule has 21 heavy (non-hydrogen) atoms. The molecule has 1 unspecified atom stereocenters. The van der Waals surface area contributed by atoms with Crippen molar-refractivity contribution in [2.24, 2.45) is 5.92 Å². The van der Waals surface area contributed by atoms with Crippen LogP contribution in [0.1, 0.15) is 64.0 Å². The first-order valence-corrected chi connectivity index (χ1v) is 8.34. The third kappa shape index (κ3) is 3.08. The number of rotatable bonds is 3. The van der Waals surface area contributed by atoms with E-state index < -0.39 is 0 Å². The van der Waals surface area contributed by atoms with E-state index in [0.29, 0.717) is 0 Å². The fourth-order valence-electron chi connectivity index (χ4n) is 3.74. The van der Waals surface area contributed by atoms with E-state index in [1.807, 2.05) is 6.07 Å². The molecule has 1 saturated carbocycles. The quantitative estimate of drug-likeness (QED) is 0.879. The molecule has 1 N–H and O–H groups in total. The molecule has 1 heterocycles. The van der Waals surface area contributed by atoms with E-state index in [9.17, 15) is 4.39 Å². The van der Waals surface area contributed by atoms with E-state index in [1.54, 1.807) is 6.07 Å². The van der Waals surface area contributed by atoms with Gasteiger partial charge in [-0.05, 0) is 62.8 Å². The number of benzene rings is 1. The minimum atomic E-state index is -0.172. The Kier molecular flexibility index (Phi) is 4.21. The van der Waals surface area contributed by atoms with Crippen LogP contribution < -0.4 is 10.1 Å². The average Bonchev–Trinajstić information content (AvgIpc) is 2.49. The first-order chi connectivity index (χ1) is 10.1. The highest BCUT2D eigenvalue weighted by Gasteiger charge is 2.42. The van der Waals surface area contributed by atoms with Gasteiger partial charge in [0.1, 0.15) is 17.2 Å². The van der Waals surface area contributed by atoms with Crippen molar-refractivity contribution in [3.63, 3.8) is 0 Å². The lowest BCUT2D eigenvalue weighted by molar-refractivity contribution is -0.0129. The van der Waals surface area contributed by atoms with Gasteiger partial charge in [0.15, 0.2) is 0 Å². The molecule has 2 aliphatic rings. The van der Waals surface area contributed by atoms with Crippen molar-refractivity contribution >= 4 is 0 Å². The Morgan fingerprint density at radius 2 is 2.10 bits per heavy atom. The minimum absolute atomic E-state index is 0.0389. The summed E-state index contributed by atoms with van der Waals surface area (Å²) in [7, 11) is 0. The van der Waals surface area contributed by atoms with Gasteiger partial charge >= 0.3 is 0 Å². The molecule has 0 radical (unpaired) electrons.